The first kappa shape index (κ1) is 27.2. The van der Waals surface area contributed by atoms with Gasteiger partial charge >= 0.3 is 6.36 Å². The van der Waals surface area contributed by atoms with Crippen LogP contribution in [0, 0.1) is 5.92 Å². The molecule has 0 bridgehead atoms. The second-order valence-corrected chi connectivity index (χ2v) is 11.3. The molecule has 1 aliphatic rings. The Kier molecular flexibility index (Phi) is 6.99. The third-order valence-corrected chi connectivity index (χ3v) is 7.53. The molecule has 202 valence electrons. The van der Waals surface area contributed by atoms with E-state index in [0.29, 0.717) is 6.54 Å². The van der Waals surface area contributed by atoms with E-state index in [1.54, 1.807) is 0 Å². The highest BCUT2D eigenvalue weighted by Gasteiger charge is 2.39. The Balaban J connectivity index is 1.81. The molecule has 3 aromatic rings. The summed E-state index contributed by atoms with van der Waals surface area (Å²) in [6, 6.07) is 10.8. The Morgan fingerprint density at radius 3 is 2.50 bits per heavy atom. The number of nitrogens with zero attached hydrogens (tertiary/aromatic N) is 3. The lowest BCUT2D eigenvalue weighted by molar-refractivity contribution is -0.274. The molecule has 2 aromatic heterocycles. The zero-order chi connectivity index (χ0) is 27.9. The van der Waals surface area contributed by atoms with Crippen LogP contribution in [0.3, 0.4) is 0 Å². The minimum Gasteiger partial charge on any atom is -0.405 e. The third kappa shape index (κ3) is 5.67. The molecule has 4 rings (SSSR count). The Bertz CT molecular complexity index is 1480. The van der Waals surface area contributed by atoms with Crippen LogP contribution in [-0.4, -0.2) is 42.7 Å². The number of hydrogen-bond donors (Lipinski definition) is 2. The average Bonchev–Trinajstić information content (AvgIpc) is 3.09. The molecule has 0 aliphatic carbocycles. The number of ether oxygens (including phenoxy) is 1. The molecular formula is C25H26F3N5O4S. The number of nitrogen functional groups attached to an aromatic ring is 1. The predicted molar refractivity (Wildman–Crippen MR) is 135 cm³/mol. The van der Waals surface area contributed by atoms with Crippen molar-refractivity contribution in [1.29, 1.82) is 0 Å². The van der Waals surface area contributed by atoms with Crippen molar-refractivity contribution in [3.8, 4) is 17.0 Å². The van der Waals surface area contributed by atoms with Crippen LogP contribution in [0.5, 0.6) is 5.75 Å². The minimum atomic E-state index is -4.92. The van der Waals surface area contributed by atoms with E-state index in [1.807, 2.05) is 30.4 Å². The van der Waals surface area contributed by atoms with Gasteiger partial charge in [-0.1, -0.05) is 19.1 Å². The quantitative estimate of drug-likeness (QED) is 0.464. The Hall–Kier alpha value is -3.87. The second-order valence-electron chi connectivity index (χ2n) is 9.67. The summed E-state index contributed by atoms with van der Waals surface area (Å²) in [4.78, 5) is 23.1. The minimum absolute atomic E-state index is 0.0545. The maximum absolute atomic E-state index is 13.3. The molecule has 1 aliphatic heterocycles. The van der Waals surface area contributed by atoms with Crippen molar-refractivity contribution in [2.24, 2.45) is 5.92 Å². The maximum atomic E-state index is 13.3. The summed E-state index contributed by atoms with van der Waals surface area (Å²) >= 11 is 0. The number of halogens is 3. The summed E-state index contributed by atoms with van der Waals surface area (Å²) in [5.41, 5.74) is 5.31. The Morgan fingerprint density at radius 1 is 1.16 bits per heavy atom. The van der Waals surface area contributed by atoms with Crippen molar-refractivity contribution >= 4 is 27.6 Å². The van der Waals surface area contributed by atoms with Crippen LogP contribution < -0.4 is 20.1 Å². The molecule has 0 spiro atoms. The summed E-state index contributed by atoms with van der Waals surface area (Å²) in [6.45, 7) is 6.40. The first-order valence-electron chi connectivity index (χ1n) is 11.6. The number of aromatic nitrogens is 2. The highest BCUT2D eigenvalue weighted by molar-refractivity contribution is 7.90. The van der Waals surface area contributed by atoms with Crippen LogP contribution in [0.1, 0.15) is 37.6 Å². The Labute approximate surface area is 217 Å². The second kappa shape index (κ2) is 9.78. The molecule has 1 amide bonds. The number of hydrogen-bond acceptors (Lipinski definition) is 8. The molecule has 38 heavy (non-hydrogen) atoms. The Morgan fingerprint density at radius 2 is 1.87 bits per heavy atom. The van der Waals surface area contributed by atoms with Crippen LogP contribution in [0.15, 0.2) is 59.6 Å². The monoisotopic (exact) mass is 549 g/mol. The van der Waals surface area contributed by atoms with Crippen molar-refractivity contribution < 1.29 is 31.1 Å². The van der Waals surface area contributed by atoms with Crippen LogP contribution in [0.2, 0.25) is 0 Å². The number of nitrogens with one attached hydrogen (secondary N) is 1. The number of anilines is 2. The number of benzene rings is 1. The molecular weight excluding hydrogens is 523 g/mol. The molecule has 13 heteroatoms. The fourth-order valence-electron chi connectivity index (χ4n) is 4.69. The molecule has 1 saturated heterocycles. The van der Waals surface area contributed by atoms with Gasteiger partial charge in [-0.2, -0.15) is 0 Å². The van der Waals surface area contributed by atoms with Gasteiger partial charge in [0.25, 0.3) is 15.9 Å². The summed E-state index contributed by atoms with van der Waals surface area (Å²) < 4.78 is 71.1. The first-order chi connectivity index (χ1) is 17.7. The largest absolute Gasteiger partial charge is 0.573 e. The summed E-state index contributed by atoms with van der Waals surface area (Å²) in [7, 11) is -4.39. The van der Waals surface area contributed by atoms with Crippen LogP contribution in [0.25, 0.3) is 11.3 Å². The van der Waals surface area contributed by atoms with Gasteiger partial charge in [-0.15, -0.1) is 13.2 Å². The number of para-hydroxylation sites is 1. The maximum Gasteiger partial charge on any atom is 0.573 e. The molecule has 1 atom stereocenters. The van der Waals surface area contributed by atoms with E-state index >= 15 is 0 Å². The van der Waals surface area contributed by atoms with E-state index in [1.165, 1.54) is 48.7 Å². The van der Waals surface area contributed by atoms with E-state index in [-0.39, 0.29) is 39.3 Å². The fraction of sp³-hybridized carbons (Fsp3) is 0.320. The fourth-order valence-corrected chi connectivity index (χ4v) is 5.74. The van der Waals surface area contributed by atoms with Gasteiger partial charge in [0, 0.05) is 23.8 Å². The van der Waals surface area contributed by atoms with Gasteiger partial charge in [0.2, 0.25) is 0 Å². The van der Waals surface area contributed by atoms with Crippen LogP contribution >= 0.6 is 0 Å². The van der Waals surface area contributed by atoms with Crippen LogP contribution in [0.4, 0.5) is 24.8 Å². The number of pyridine rings is 2. The van der Waals surface area contributed by atoms with E-state index in [0.717, 1.165) is 12.5 Å². The number of sulfonamides is 1. The van der Waals surface area contributed by atoms with Gasteiger partial charge in [-0.05, 0) is 62.6 Å². The molecule has 1 aromatic carbocycles. The first-order valence-corrected chi connectivity index (χ1v) is 13.1. The summed E-state index contributed by atoms with van der Waals surface area (Å²) in [5.74, 6) is -1.37. The normalized spacial score (nSPS) is 17.3. The van der Waals surface area contributed by atoms with Crippen molar-refractivity contribution in [1.82, 2.24) is 14.7 Å². The van der Waals surface area contributed by atoms with E-state index < -0.39 is 33.6 Å². The summed E-state index contributed by atoms with van der Waals surface area (Å²) in [6.07, 6.45) is -2.86. The van der Waals surface area contributed by atoms with Gasteiger partial charge in [0.1, 0.15) is 22.3 Å². The van der Waals surface area contributed by atoms with E-state index in [9.17, 15) is 26.4 Å². The predicted octanol–water partition coefficient (Wildman–Crippen LogP) is 4.37. The van der Waals surface area contributed by atoms with Gasteiger partial charge in [-0.25, -0.2) is 23.1 Å². The zero-order valence-electron chi connectivity index (χ0n) is 20.8. The molecule has 1 fully saturated rings. The molecule has 3 heterocycles. The van der Waals surface area contributed by atoms with Gasteiger partial charge in [0.05, 0.1) is 11.3 Å². The van der Waals surface area contributed by atoms with Gasteiger partial charge in [0.15, 0.2) is 0 Å². The molecule has 0 saturated carbocycles. The van der Waals surface area contributed by atoms with Crippen molar-refractivity contribution in [2.45, 2.75) is 44.0 Å². The van der Waals surface area contributed by atoms with Gasteiger partial charge in [-0.3, -0.25) is 4.79 Å². The lowest BCUT2D eigenvalue weighted by Crippen LogP contribution is -2.41. The van der Waals surface area contributed by atoms with Crippen molar-refractivity contribution in [2.75, 3.05) is 17.2 Å². The third-order valence-electron chi connectivity index (χ3n) is 6.15. The summed E-state index contributed by atoms with van der Waals surface area (Å²) in [5, 5.41) is 0. The number of nitrogens with two attached hydrogens (primary N) is 1. The van der Waals surface area contributed by atoms with Crippen molar-refractivity contribution in [3.63, 3.8) is 0 Å². The van der Waals surface area contributed by atoms with Gasteiger partial charge < -0.3 is 15.4 Å². The lowest BCUT2D eigenvalue weighted by Gasteiger charge is -2.34. The zero-order valence-corrected chi connectivity index (χ0v) is 21.6. The van der Waals surface area contributed by atoms with E-state index in [2.05, 4.69) is 14.7 Å². The molecule has 0 radical (unpaired) electrons. The molecule has 3 N–H and O–H groups in total. The number of carbonyl (C=O) groups is 1. The SMILES string of the molecule is C[C@@H]1CN(c2nc(-c3ccccc3OC(F)(F)F)ccc2C(=O)NS(=O)(=O)c2cccnc2N)C(C)(C)C1. The number of amides is 1. The highest BCUT2D eigenvalue weighted by atomic mass is 32.2. The number of rotatable bonds is 6. The molecule has 0 unspecified atom stereocenters. The topological polar surface area (TPSA) is 128 Å². The van der Waals surface area contributed by atoms with Crippen LogP contribution in [-0.2, 0) is 10.0 Å². The van der Waals surface area contributed by atoms with Crippen molar-refractivity contribution in [3.05, 3.63) is 60.3 Å². The smallest absolute Gasteiger partial charge is 0.405 e. The number of alkyl halides is 3. The number of carbonyl (C=O) groups excluding carboxylic acids is 1. The standard InChI is InChI=1S/C25H26F3N5O4S/c1-15-13-24(2,3)33(14-15)22-17(23(34)32-38(35,36)20-9-6-12-30-21(20)29)10-11-18(31-22)16-7-4-5-8-19(16)37-25(26,27)28/h4-12,15H,13-14H2,1-3H3,(H2,29,30)(H,32,34)/t15-/m0/s1. The average molecular weight is 550 g/mol. The molecule has 9 nitrogen and oxygen atoms in total. The highest BCUT2D eigenvalue weighted by Crippen LogP contribution is 2.40. The van der Waals surface area contributed by atoms with E-state index in [4.69, 9.17) is 5.73 Å². The lowest BCUT2D eigenvalue weighted by atomic mass is 9.97.